The average molecular weight is 234 g/mol. The maximum absolute atomic E-state index is 13.3. The van der Waals surface area contributed by atoms with E-state index in [1.165, 1.54) is 14.1 Å². The highest BCUT2D eigenvalue weighted by atomic mass is 19.2. The van der Waals surface area contributed by atoms with E-state index in [1.807, 2.05) is 0 Å². The highest BCUT2D eigenvalue weighted by Gasteiger charge is 2.25. The third-order valence-electron chi connectivity index (χ3n) is 1.81. The van der Waals surface area contributed by atoms with Crippen LogP contribution in [0.25, 0.3) is 10.4 Å². The number of halogens is 4. The second-order valence-corrected chi connectivity index (χ2v) is 3.04. The predicted octanol–water partition coefficient (Wildman–Crippen LogP) is 3.25. The zero-order valence-electron chi connectivity index (χ0n) is 8.30. The van der Waals surface area contributed by atoms with Gasteiger partial charge in [0.25, 0.3) is 0 Å². The maximum atomic E-state index is 13.3. The van der Waals surface area contributed by atoms with E-state index in [-0.39, 0.29) is 0 Å². The Balaban J connectivity index is 3.69. The number of hydrogen-bond donors (Lipinski definition) is 0. The summed E-state index contributed by atoms with van der Waals surface area (Å²) >= 11 is 0. The van der Waals surface area contributed by atoms with Crippen LogP contribution in [0.4, 0.5) is 28.9 Å². The van der Waals surface area contributed by atoms with Gasteiger partial charge in [-0.2, -0.15) is 0 Å². The van der Waals surface area contributed by atoms with Crippen molar-refractivity contribution in [1.82, 2.24) is 0 Å². The highest BCUT2D eigenvalue weighted by Crippen LogP contribution is 2.34. The van der Waals surface area contributed by atoms with Crippen LogP contribution in [0.3, 0.4) is 0 Å². The Kier molecular flexibility index (Phi) is 3.24. The Labute approximate surface area is 87.7 Å². The molecule has 0 spiro atoms. The maximum Gasteiger partial charge on any atom is 0.185 e. The summed E-state index contributed by atoms with van der Waals surface area (Å²) in [6.07, 6.45) is 0. The van der Waals surface area contributed by atoms with Gasteiger partial charge in [-0.05, 0) is 5.53 Å². The first kappa shape index (κ1) is 12.1. The van der Waals surface area contributed by atoms with E-state index in [1.54, 1.807) is 0 Å². The minimum Gasteiger partial charge on any atom is -0.373 e. The first-order valence-corrected chi connectivity index (χ1v) is 4.00. The molecule has 86 valence electrons. The molecular weight excluding hydrogens is 228 g/mol. The monoisotopic (exact) mass is 234 g/mol. The first-order chi connectivity index (χ1) is 7.41. The van der Waals surface area contributed by atoms with Crippen LogP contribution in [0.15, 0.2) is 5.11 Å². The van der Waals surface area contributed by atoms with Crippen molar-refractivity contribution in [1.29, 1.82) is 0 Å². The molecule has 0 radical (unpaired) electrons. The number of azide groups is 1. The van der Waals surface area contributed by atoms with Gasteiger partial charge in [0, 0.05) is 19.0 Å². The summed E-state index contributed by atoms with van der Waals surface area (Å²) in [5.41, 5.74) is 5.81. The second kappa shape index (κ2) is 4.28. The van der Waals surface area contributed by atoms with E-state index in [0.29, 0.717) is 0 Å². The normalized spacial score (nSPS) is 9.88. The molecule has 0 saturated carbocycles. The topological polar surface area (TPSA) is 52.0 Å². The fourth-order valence-corrected chi connectivity index (χ4v) is 1.13. The summed E-state index contributed by atoms with van der Waals surface area (Å²) in [7, 11) is 2.43. The molecule has 0 atom stereocenters. The minimum absolute atomic E-state index is 0.869. The van der Waals surface area contributed by atoms with Crippen LogP contribution in [-0.2, 0) is 0 Å². The zero-order chi connectivity index (χ0) is 12.5. The zero-order valence-corrected chi connectivity index (χ0v) is 8.30. The molecule has 1 rings (SSSR count). The van der Waals surface area contributed by atoms with Gasteiger partial charge in [-0.1, -0.05) is 5.11 Å². The molecule has 1 aromatic rings. The summed E-state index contributed by atoms with van der Waals surface area (Å²) < 4.78 is 52.9. The lowest BCUT2D eigenvalue weighted by Gasteiger charge is -2.16. The number of rotatable bonds is 2. The fourth-order valence-electron chi connectivity index (χ4n) is 1.13. The molecule has 0 aliphatic heterocycles. The van der Waals surface area contributed by atoms with Crippen molar-refractivity contribution in [2.24, 2.45) is 5.11 Å². The lowest BCUT2D eigenvalue weighted by molar-refractivity contribution is 0.458. The van der Waals surface area contributed by atoms with Crippen LogP contribution in [0, 0.1) is 23.3 Å². The molecule has 0 bridgehead atoms. The third kappa shape index (κ3) is 1.74. The predicted molar refractivity (Wildman–Crippen MR) is 49.4 cm³/mol. The van der Waals surface area contributed by atoms with Crippen molar-refractivity contribution in [3.05, 3.63) is 33.7 Å². The molecule has 8 heteroatoms. The molecule has 0 aliphatic rings. The van der Waals surface area contributed by atoms with Crippen molar-refractivity contribution >= 4 is 11.4 Å². The Bertz CT molecular complexity index is 450. The fraction of sp³-hybridized carbons (Fsp3) is 0.250. The van der Waals surface area contributed by atoms with Crippen LogP contribution in [-0.4, -0.2) is 14.1 Å². The molecule has 0 heterocycles. The SMILES string of the molecule is CN(C)c1c(F)c(F)c(N=[N+]=[N-])c(F)c1F. The molecule has 0 aromatic heterocycles. The lowest BCUT2D eigenvalue weighted by atomic mass is 10.2. The first-order valence-electron chi connectivity index (χ1n) is 4.00. The number of nitrogens with zero attached hydrogens (tertiary/aromatic N) is 4. The molecular formula is C8H6F4N4. The van der Waals surface area contributed by atoms with Crippen LogP contribution in [0.1, 0.15) is 0 Å². The van der Waals surface area contributed by atoms with Crippen molar-refractivity contribution in [3.8, 4) is 0 Å². The highest BCUT2D eigenvalue weighted by molar-refractivity contribution is 5.56. The molecule has 0 unspecified atom stereocenters. The summed E-state index contributed by atoms with van der Waals surface area (Å²) in [5.74, 6) is -6.65. The molecule has 16 heavy (non-hydrogen) atoms. The average Bonchev–Trinajstić information content (AvgIpc) is 2.21. The second-order valence-electron chi connectivity index (χ2n) is 3.04. The summed E-state index contributed by atoms with van der Waals surface area (Å²) in [5, 5.41) is 2.56. The van der Waals surface area contributed by atoms with Crippen molar-refractivity contribution in [2.75, 3.05) is 19.0 Å². The Hall–Kier alpha value is -1.95. The Morgan fingerprint density at radius 2 is 1.44 bits per heavy atom. The molecule has 0 N–H and O–H groups in total. The van der Waals surface area contributed by atoms with Crippen LogP contribution >= 0.6 is 0 Å². The molecule has 0 fully saturated rings. The van der Waals surface area contributed by atoms with Crippen LogP contribution in [0.5, 0.6) is 0 Å². The van der Waals surface area contributed by atoms with E-state index in [2.05, 4.69) is 10.0 Å². The van der Waals surface area contributed by atoms with E-state index in [9.17, 15) is 17.6 Å². The van der Waals surface area contributed by atoms with Crippen molar-refractivity contribution in [2.45, 2.75) is 0 Å². The molecule has 1 aromatic carbocycles. The van der Waals surface area contributed by atoms with Gasteiger partial charge in [0.15, 0.2) is 23.3 Å². The third-order valence-corrected chi connectivity index (χ3v) is 1.81. The van der Waals surface area contributed by atoms with E-state index < -0.39 is 34.6 Å². The van der Waals surface area contributed by atoms with E-state index in [4.69, 9.17) is 5.53 Å². The minimum atomic E-state index is -1.72. The quantitative estimate of drug-likeness (QED) is 0.255. The largest absolute Gasteiger partial charge is 0.373 e. The van der Waals surface area contributed by atoms with E-state index >= 15 is 0 Å². The van der Waals surface area contributed by atoms with Gasteiger partial charge in [-0.25, -0.2) is 17.6 Å². The van der Waals surface area contributed by atoms with Gasteiger partial charge in [0.1, 0.15) is 11.4 Å². The Morgan fingerprint density at radius 1 is 1.00 bits per heavy atom. The smallest absolute Gasteiger partial charge is 0.185 e. The van der Waals surface area contributed by atoms with Crippen molar-refractivity contribution in [3.63, 3.8) is 0 Å². The van der Waals surface area contributed by atoms with Gasteiger partial charge in [-0.15, -0.1) is 0 Å². The van der Waals surface area contributed by atoms with Crippen LogP contribution in [0.2, 0.25) is 0 Å². The number of anilines is 1. The molecule has 0 amide bonds. The lowest BCUT2D eigenvalue weighted by Crippen LogP contribution is -2.15. The van der Waals surface area contributed by atoms with Gasteiger partial charge < -0.3 is 4.90 Å². The molecule has 0 aliphatic carbocycles. The standard InChI is InChI=1S/C8H6F4N4/c1-16(2)8-5(11)3(9)7(14-15-13)4(10)6(8)12/h1-2H3. The molecule has 4 nitrogen and oxygen atoms in total. The van der Waals surface area contributed by atoms with Gasteiger partial charge >= 0.3 is 0 Å². The molecule has 0 saturated heterocycles. The van der Waals surface area contributed by atoms with E-state index in [0.717, 1.165) is 4.90 Å². The van der Waals surface area contributed by atoms with Gasteiger partial charge in [-0.3, -0.25) is 0 Å². The van der Waals surface area contributed by atoms with Gasteiger partial charge in [0.05, 0.1) is 0 Å². The van der Waals surface area contributed by atoms with Crippen molar-refractivity contribution < 1.29 is 17.6 Å². The number of hydrogen-bond acceptors (Lipinski definition) is 2. The summed E-state index contributed by atoms with van der Waals surface area (Å²) in [4.78, 5) is 2.95. The van der Waals surface area contributed by atoms with Gasteiger partial charge in [0.2, 0.25) is 0 Å². The summed E-state index contributed by atoms with van der Waals surface area (Å²) in [6, 6.07) is 0. The van der Waals surface area contributed by atoms with Crippen LogP contribution < -0.4 is 4.90 Å². The number of benzene rings is 1. The Morgan fingerprint density at radius 3 is 1.75 bits per heavy atom. The summed E-state index contributed by atoms with van der Waals surface area (Å²) in [6.45, 7) is 0.